The van der Waals surface area contributed by atoms with E-state index >= 15 is 0 Å². The van der Waals surface area contributed by atoms with Crippen LogP contribution in [-0.2, 0) is 9.47 Å². The van der Waals surface area contributed by atoms with Gasteiger partial charge in [-0.25, -0.2) is 0 Å². The van der Waals surface area contributed by atoms with E-state index < -0.39 is 0 Å². The van der Waals surface area contributed by atoms with Gasteiger partial charge in [-0.15, -0.1) is 0 Å². The summed E-state index contributed by atoms with van der Waals surface area (Å²) in [7, 11) is 1.68. The van der Waals surface area contributed by atoms with Gasteiger partial charge in [-0.05, 0) is 24.6 Å². The fourth-order valence-electron chi connectivity index (χ4n) is 1.44. The van der Waals surface area contributed by atoms with Crippen LogP contribution < -0.4 is 0 Å². The normalized spacial score (nSPS) is 14.8. The molecule has 1 aromatic rings. The molecule has 2 atom stereocenters. The second kappa shape index (κ2) is 7.43. The van der Waals surface area contributed by atoms with Gasteiger partial charge in [-0.1, -0.05) is 44.0 Å². The van der Waals surface area contributed by atoms with Crippen LogP contribution >= 0.6 is 31.9 Å². The van der Waals surface area contributed by atoms with E-state index in [-0.39, 0.29) is 12.2 Å². The van der Waals surface area contributed by atoms with Crippen LogP contribution in [0.25, 0.3) is 0 Å². The Morgan fingerprint density at radius 3 is 2.38 bits per heavy atom. The molecule has 0 radical (unpaired) electrons. The second-order valence-electron chi connectivity index (χ2n) is 3.60. The van der Waals surface area contributed by atoms with E-state index in [0.29, 0.717) is 6.61 Å². The van der Waals surface area contributed by atoms with Crippen molar-refractivity contribution in [3.05, 3.63) is 34.3 Å². The van der Waals surface area contributed by atoms with Gasteiger partial charge in [-0.2, -0.15) is 0 Å². The molecule has 0 fully saturated rings. The Kier molecular flexibility index (Phi) is 6.58. The van der Waals surface area contributed by atoms with Gasteiger partial charge >= 0.3 is 0 Å². The van der Waals surface area contributed by atoms with Gasteiger partial charge in [0, 0.05) is 16.9 Å². The smallest absolute Gasteiger partial charge is 0.0926 e. The van der Waals surface area contributed by atoms with E-state index in [2.05, 4.69) is 44.0 Å². The first-order chi connectivity index (χ1) is 7.67. The molecule has 0 spiro atoms. The summed E-state index contributed by atoms with van der Waals surface area (Å²) in [5.74, 6) is 0. The van der Waals surface area contributed by atoms with Crippen molar-refractivity contribution in [2.75, 3.05) is 19.0 Å². The molecule has 0 saturated heterocycles. The first-order valence-corrected chi connectivity index (χ1v) is 7.04. The maximum atomic E-state index is 5.88. The molecule has 0 saturated carbocycles. The van der Waals surface area contributed by atoms with Gasteiger partial charge in [0.15, 0.2) is 0 Å². The Hall–Kier alpha value is 0.1000. The lowest BCUT2D eigenvalue weighted by molar-refractivity contribution is -0.0298. The highest BCUT2D eigenvalue weighted by molar-refractivity contribution is 9.10. The molecular formula is C12H16Br2O2. The summed E-state index contributed by atoms with van der Waals surface area (Å²) < 4.78 is 12.0. The van der Waals surface area contributed by atoms with Crippen molar-refractivity contribution in [2.45, 2.75) is 19.1 Å². The SMILES string of the molecule is COCC(C)OC(CBr)c1ccc(Br)cc1. The highest BCUT2D eigenvalue weighted by Crippen LogP contribution is 2.23. The van der Waals surface area contributed by atoms with Crippen LogP contribution in [0.1, 0.15) is 18.6 Å². The predicted molar refractivity (Wildman–Crippen MR) is 73.1 cm³/mol. The third kappa shape index (κ3) is 4.53. The molecule has 0 heterocycles. The first kappa shape index (κ1) is 14.2. The Labute approximate surface area is 114 Å². The summed E-state index contributed by atoms with van der Waals surface area (Å²) in [5.41, 5.74) is 1.17. The van der Waals surface area contributed by atoms with Gasteiger partial charge in [0.2, 0.25) is 0 Å². The van der Waals surface area contributed by atoms with Gasteiger partial charge in [0.05, 0.1) is 18.8 Å². The molecule has 1 rings (SSSR count). The van der Waals surface area contributed by atoms with Crippen LogP contribution in [-0.4, -0.2) is 25.2 Å². The maximum Gasteiger partial charge on any atom is 0.0926 e. The maximum absolute atomic E-state index is 5.88. The zero-order chi connectivity index (χ0) is 12.0. The minimum Gasteiger partial charge on any atom is -0.382 e. The number of rotatable bonds is 6. The quantitative estimate of drug-likeness (QED) is 0.723. The predicted octanol–water partition coefficient (Wildman–Crippen LogP) is 3.94. The fraction of sp³-hybridized carbons (Fsp3) is 0.500. The third-order valence-corrected chi connectivity index (χ3v) is 3.30. The van der Waals surface area contributed by atoms with Crippen LogP contribution in [0.4, 0.5) is 0 Å². The molecule has 0 aromatic heterocycles. The number of ether oxygens (including phenoxy) is 2. The van der Waals surface area contributed by atoms with E-state index in [1.54, 1.807) is 7.11 Å². The minimum atomic E-state index is 0.0678. The van der Waals surface area contributed by atoms with Crippen LogP contribution in [0.3, 0.4) is 0 Å². The van der Waals surface area contributed by atoms with E-state index in [4.69, 9.17) is 9.47 Å². The zero-order valence-electron chi connectivity index (χ0n) is 9.45. The number of benzene rings is 1. The minimum absolute atomic E-state index is 0.0678. The molecule has 16 heavy (non-hydrogen) atoms. The molecule has 2 unspecified atom stereocenters. The standard InChI is InChI=1S/C12H16Br2O2/c1-9(8-15-2)16-12(7-13)10-3-5-11(14)6-4-10/h3-6,9,12H,7-8H2,1-2H3. The van der Waals surface area contributed by atoms with Crippen LogP contribution in [0.5, 0.6) is 0 Å². The number of halogens is 2. The molecule has 0 N–H and O–H groups in total. The van der Waals surface area contributed by atoms with Gasteiger partial charge < -0.3 is 9.47 Å². The average Bonchev–Trinajstić information content (AvgIpc) is 2.27. The molecule has 90 valence electrons. The zero-order valence-corrected chi connectivity index (χ0v) is 12.6. The van der Waals surface area contributed by atoms with Crippen molar-refractivity contribution in [1.82, 2.24) is 0 Å². The Morgan fingerprint density at radius 2 is 1.88 bits per heavy atom. The van der Waals surface area contributed by atoms with E-state index in [1.165, 1.54) is 5.56 Å². The van der Waals surface area contributed by atoms with Gasteiger partial charge in [-0.3, -0.25) is 0 Å². The molecule has 4 heteroatoms. The summed E-state index contributed by atoms with van der Waals surface area (Å²) in [4.78, 5) is 0. The largest absolute Gasteiger partial charge is 0.382 e. The number of methoxy groups -OCH3 is 1. The molecular weight excluding hydrogens is 336 g/mol. The first-order valence-electron chi connectivity index (χ1n) is 5.13. The summed E-state index contributed by atoms with van der Waals surface area (Å²) in [6.45, 7) is 2.62. The molecule has 2 nitrogen and oxygen atoms in total. The monoisotopic (exact) mass is 350 g/mol. The number of alkyl halides is 1. The highest BCUT2D eigenvalue weighted by atomic mass is 79.9. The summed E-state index contributed by atoms with van der Waals surface area (Å²) in [5, 5.41) is 0.780. The fourth-order valence-corrected chi connectivity index (χ4v) is 2.23. The van der Waals surface area contributed by atoms with Crippen molar-refractivity contribution in [1.29, 1.82) is 0 Å². The summed E-state index contributed by atoms with van der Waals surface area (Å²) >= 11 is 6.89. The lowest BCUT2D eigenvalue weighted by Gasteiger charge is -2.20. The molecule has 0 aliphatic heterocycles. The van der Waals surface area contributed by atoms with E-state index in [9.17, 15) is 0 Å². The molecule has 0 aliphatic rings. The van der Waals surface area contributed by atoms with Crippen molar-refractivity contribution < 1.29 is 9.47 Å². The summed E-state index contributed by atoms with van der Waals surface area (Å²) in [6, 6.07) is 8.18. The van der Waals surface area contributed by atoms with Crippen LogP contribution in [0.15, 0.2) is 28.7 Å². The average molecular weight is 352 g/mol. The Bertz CT molecular complexity index is 300. The van der Waals surface area contributed by atoms with E-state index in [0.717, 1.165) is 9.80 Å². The number of hydrogen-bond acceptors (Lipinski definition) is 2. The number of hydrogen-bond donors (Lipinski definition) is 0. The van der Waals surface area contributed by atoms with Crippen molar-refractivity contribution >= 4 is 31.9 Å². The lowest BCUT2D eigenvalue weighted by atomic mass is 10.1. The van der Waals surface area contributed by atoms with Crippen molar-refractivity contribution in [3.63, 3.8) is 0 Å². The van der Waals surface area contributed by atoms with Gasteiger partial charge in [0.25, 0.3) is 0 Å². The second-order valence-corrected chi connectivity index (χ2v) is 5.16. The highest BCUT2D eigenvalue weighted by Gasteiger charge is 2.14. The van der Waals surface area contributed by atoms with Gasteiger partial charge in [0.1, 0.15) is 0 Å². The Morgan fingerprint density at radius 1 is 1.25 bits per heavy atom. The molecule has 1 aromatic carbocycles. The Balaban J connectivity index is 2.63. The lowest BCUT2D eigenvalue weighted by Crippen LogP contribution is -2.19. The molecule has 0 aliphatic carbocycles. The van der Waals surface area contributed by atoms with Crippen molar-refractivity contribution in [2.24, 2.45) is 0 Å². The van der Waals surface area contributed by atoms with Crippen LogP contribution in [0.2, 0.25) is 0 Å². The topological polar surface area (TPSA) is 18.5 Å². The molecule has 0 amide bonds. The van der Waals surface area contributed by atoms with Crippen molar-refractivity contribution in [3.8, 4) is 0 Å². The summed E-state index contributed by atoms with van der Waals surface area (Å²) in [6.07, 6.45) is 0.162. The third-order valence-electron chi connectivity index (χ3n) is 2.18. The van der Waals surface area contributed by atoms with E-state index in [1.807, 2.05) is 19.1 Å². The molecule has 0 bridgehead atoms. The van der Waals surface area contributed by atoms with Crippen LogP contribution in [0, 0.1) is 0 Å².